The van der Waals surface area contributed by atoms with Crippen LogP contribution in [0.1, 0.15) is 35.1 Å². The van der Waals surface area contributed by atoms with Crippen LogP contribution in [0.25, 0.3) is 0 Å². The Balaban J connectivity index is 2.11. The molecule has 2 rings (SSSR count). The van der Waals surface area contributed by atoms with Crippen molar-refractivity contribution in [2.75, 3.05) is 13.2 Å². The van der Waals surface area contributed by atoms with Gasteiger partial charge >= 0.3 is 0 Å². The lowest BCUT2D eigenvalue weighted by atomic mass is 10.1. The third kappa shape index (κ3) is 2.48. The second-order valence-corrected chi connectivity index (χ2v) is 4.09. The maximum Gasteiger partial charge on any atom is 0.272 e. The van der Waals surface area contributed by atoms with Gasteiger partial charge in [0.2, 0.25) is 0 Å². The minimum absolute atomic E-state index is 0.0641. The van der Waals surface area contributed by atoms with Crippen molar-refractivity contribution in [1.82, 2.24) is 15.5 Å². The Bertz CT molecular complexity index is 399. The summed E-state index contributed by atoms with van der Waals surface area (Å²) >= 11 is 0. The third-order valence-corrected chi connectivity index (χ3v) is 2.96. The molecule has 1 amide bonds. The SMILES string of the molecule is CCC(CO)NC(=O)c1n[nH]c2c1COCC2. The third-order valence-electron chi connectivity index (χ3n) is 2.96. The van der Waals surface area contributed by atoms with Crippen molar-refractivity contribution in [1.29, 1.82) is 0 Å². The van der Waals surface area contributed by atoms with E-state index in [0.29, 0.717) is 25.3 Å². The molecule has 0 spiro atoms. The van der Waals surface area contributed by atoms with Crippen molar-refractivity contribution in [2.24, 2.45) is 0 Å². The summed E-state index contributed by atoms with van der Waals surface area (Å²) in [6, 6.07) is -0.223. The number of fused-ring (bicyclic) bond motifs is 1. The summed E-state index contributed by atoms with van der Waals surface area (Å²) in [6.45, 7) is 2.92. The van der Waals surface area contributed by atoms with Gasteiger partial charge in [-0.05, 0) is 6.42 Å². The molecule has 94 valence electrons. The van der Waals surface area contributed by atoms with Crippen molar-refractivity contribution < 1.29 is 14.6 Å². The number of ether oxygens (including phenoxy) is 1. The summed E-state index contributed by atoms with van der Waals surface area (Å²) in [4.78, 5) is 11.9. The molecule has 0 bridgehead atoms. The predicted molar refractivity (Wildman–Crippen MR) is 60.6 cm³/mol. The molecule has 0 aliphatic carbocycles. The van der Waals surface area contributed by atoms with E-state index < -0.39 is 0 Å². The summed E-state index contributed by atoms with van der Waals surface area (Å²) in [5.74, 6) is -0.256. The van der Waals surface area contributed by atoms with Crippen LogP contribution in [0.2, 0.25) is 0 Å². The zero-order chi connectivity index (χ0) is 12.3. The molecule has 1 aliphatic heterocycles. The first-order valence-electron chi connectivity index (χ1n) is 5.81. The molecule has 17 heavy (non-hydrogen) atoms. The van der Waals surface area contributed by atoms with Gasteiger partial charge in [0.05, 0.1) is 25.9 Å². The van der Waals surface area contributed by atoms with Gasteiger partial charge in [-0.15, -0.1) is 0 Å². The number of aliphatic hydroxyl groups excluding tert-OH is 1. The van der Waals surface area contributed by atoms with Crippen molar-refractivity contribution in [2.45, 2.75) is 32.4 Å². The number of rotatable bonds is 4. The van der Waals surface area contributed by atoms with Crippen LogP contribution >= 0.6 is 0 Å². The maximum atomic E-state index is 11.9. The summed E-state index contributed by atoms with van der Waals surface area (Å²) in [6.07, 6.45) is 1.44. The number of aromatic nitrogens is 2. The minimum atomic E-state index is -0.256. The molecule has 2 heterocycles. The molecule has 1 aliphatic rings. The molecule has 6 heteroatoms. The Kier molecular flexibility index (Phi) is 3.75. The van der Waals surface area contributed by atoms with Gasteiger partial charge in [-0.1, -0.05) is 6.92 Å². The molecule has 0 aromatic carbocycles. The smallest absolute Gasteiger partial charge is 0.272 e. The van der Waals surface area contributed by atoms with Crippen LogP contribution in [0.3, 0.4) is 0 Å². The molecular formula is C11H17N3O3. The number of carbonyl (C=O) groups excluding carboxylic acids is 1. The summed E-state index contributed by atoms with van der Waals surface area (Å²) < 4.78 is 5.31. The van der Waals surface area contributed by atoms with Crippen LogP contribution in [0.5, 0.6) is 0 Å². The summed E-state index contributed by atoms with van der Waals surface area (Å²) in [5, 5.41) is 18.7. The highest BCUT2D eigenvalue weighted by atomic mass is 16.5. The van der Waals surface area contributed by atoms with Crippen LogP contribution < -0.4 is 5.32 Å². The number of aliphatic hydroxyl groups is 1. The van der Waals surface area contributed by atoms with Crippen molar-refractivity contribution in [3.05, 3.63) is 17.0 Å². The number of aromatic amines is 1. The fourth-order valence-electron chi connectivity index (χ4n) is 1.83. The van der Waals surface area contributed by atoms with Gasteiger partial charge < -0.3 is 15.2 Å². The van der Waals surface area contributed by atoms with Crippen molar-refractivity contribution in [3.63, 3.8) is 0 Å². The van der Waals surface area contributed by atoms with Crippen molar-refractivity contribution in [3.8, 4) is 0 Å². The topological polar surface area (TPSA) is 87.2 Å². The molecule has 3 N–H and O–H groups in total. The highest BCUT2D eigenvalue weighted by Crippen LogP contribution is 2.18. The Morgan fingerprint density at radius 3 is 3.24 bits per heavy atom. The average Bonchev–Trinajstić information content (AvgIpc) is 2.79. The Labute approximate surface area is 99.4 Å². The Morgan fingerprint density at radius 1 is 1.71 bits per heavy atom. The van der Waals surface area contributed by atoms with Crippen LogP contribution in [0, 0.1) is 0 Å². The monoisotopic (exact) mass is 239 g/mol. The van der Waals surface area contributed by atoms with Gasteiger partial charge in [-0.25, -0.2) is 0 Å². The second kappa shape index (κ2) is 5.29. The van der Waals surface area contributed by atoms with Gasteiger partial charge in [-0.3, -0.25) is 9.89 Å². The number of amides is 1. The van der Waals surface area contributed by atoms with E-state index in [0.717, 1.165) is 17.7 Å². The number of nitrogens with one attached hydrogen (secondary N) is 2. The summed E-state index contributed by atoms with van der Waals surface area (Å²) in [5.41, 5.74) is 2.19. The fraction of sp³-hybridized carbons (Fsp3) is 0.636. The molecule has 6 nitrogen and oxygen atoms in total. The molecule has 0 fully saturated rings. The van der Waals surface area contributed by atoms with E-state index in [9.17, 15) is 4.79 Å². The number of hydrogen-bond donors (Lipinski definition) is 3. The first-order valence-corrected chi connectivity index (χ1v) is 5.81. The van der Waals surface area contributed by atoms with Crippen LogP contribution in [-0.4, -0.2) is 40.5 Å². The van der Waals surface area contributed by atoms with Gasteiger partial charge in [0.15, 0.2) is 5.69 Å². The lowest BCUT2D eigenvalue weighted by Crippen LogP contribution is -2.37. The van der Waals surface area contributed by atoms with Crippen LogP contribution in [0.4, 0.5) is 0 Å². The van der Waals surface area contributed by atoms with E-state index in [-0.39, 0.29) is 18.6 Å². The van der Waals surface area contributed by atoms with Gasteiger partial charge in [-0.2, -0.15) is 5.10 Å². The molecule has 1 atom stereocenters. The molecule has 0 saturated carbocycles. The number of nitrogens with zero attached hydrogens (tertiary/aromatic N) is 1. The fourth-order valence-corrected chi connectivity index (χ4v) is 1.83. The van der Waals surface area contributed by atoms with E-state index >= 15 is 0 Å². The molecule has 0 saturated heterocycles. The maximum absolute atomic E-state index is 11.9. The Hall–Kier alpha value is -1.40. The van der Waals surface area contributed by atoms with E-state index in [1.165, 1.54) is 0 Å². The molecule has 1 unspecified atom stereocenters. The highest BCUT2D eigenvalue weighted by molar-refractivity contribution is 5.94. The first-order chi connectivity index (χ1) is 8.26. The lowest BCUT2D eigenvalue weighted by molar-refractivity contribution is 0.0890. The number of carbonyl (C=O) groups is 1. The van der Waals surface area contributed by atoms with E-state index in [4.69, 9.17) is 9.84 Å². The second-order valence-electron chi connectivity index (χ2n) is 4.09. The highest BCUT2D eigenvalue weighted by Gasteiger charge is 2.23. The normalized spacial score (nSPS) is 16.4. The van der Waals surface area contributed by atoms with Crippen LogP contribution in [0.15, 0.2) is 0 Å². The zero-order valence-corrected chi connectivity index (χ0v) is 9.82. The van der Waals surface area contributed by atoms with E-state index in [2.05, 4.69) is 15.5 Å². The average molecular weight is 239 g/mol. The molecule has 0 radical (unpaired) electrons. The van der Waals surface area contributed by atoms with Gasteiger partial charge in [0.1, 0.15) is 0 Å². The standard InChI is InChI=1S/C11H17N3O3/c1-2-7(5-15)12-11(16)10-8-6-17-4-3-9(8)13-14-10/h7,15H,2-6H2,1H3,(H,12,16)(H,13,14). The predicted octanol–water partition coefficient (Wildman–Crippen LogP) is -0.0169. The quantitative estimate of drug-likeness (QED) is 0.689. The minimum Gasteiger partial charge on any atom is -0.394 e. The zero-order valence-electron chi connectivity index (χ0n) is 9.82. The van der Waals surface area contributed by atoms with Crippen LogP contribution in [-0.2, 0) is 17.8 Å². The van der Waals surface area contributed by atoms with E-state index in [1.54, 1.807) is 0 Å². The van der Waals surface area contributed by atoms with Gasteiger partial charge in [0.25, 0.3) is 5.91 Å². The molecule has 1 aromatic rings. The van der Waals surface area contributed by atoms with Crippen molar-refractivity contribution >= 4 is 5.91 Å². The molecule has 1 aromatic heterocycles. The first kappa shape index (κ1) is 12.1. The number of H-pyrrole nitrogens is 1. The largest absolute Gasteiger partial charge is 0.394 e. The number of hydrogen-bond acceptors (Lipinski definition) is 4. The summed E-state index contributed by atoms with van der Waals surface area (Å²) in [7, 11) is 0. The lowest BCUT2D eigenvalue weighted by Gasteiger charge is -2.15. The van der Waals surface area contributed by atoms with Gasteiger partial charge in [0, 0.05) is 17.7 Å². The van der Waals surface area contributed by atoms with E-state index in [1.807, 2.05) is 6.92 Å². The Morgan fingerprint density at radius 2 is 2.53 bits per heavy atom. The molecular weight excluding hydrogens is 222 g/mol.